The molecule has 0 amide bonds. The zero-order valence-corrected chi connectivity index (χ0v) is 11.3. The molecule has 4 heteroatoms. The standard InChI is InChI=1S/C15H23FN2O/c16-14-5-3-13(4-6-14)7-8-17-9-10-18-12-15-2-1-11-19-15/h3-6,15,17-18H,1-2,7-12H2. The Kier molecular flexibility index (Phi) is 6.27. The van der Waals surface area contributed by atoms with Gasteiger partial charge in [-0.2, -0.15) is 0 Å². The molecule has 0 aromatic heterocycles. The summed E-state index contributed by atoms with van der Waals surface area (Å²) in [5.41, 5.74) is 1.17. The summed E-state index contributed by atoms with van der Waals surface area (Å²) >= 11 is 0. The summed E-state index contributed by atoms with van der Waals surface area (Å²) in [7, 11) is 0. The maximum atomic E-state index is 12.7. The van der Waals surface area contributed by atoms with Gasteiger partial charge in [0.1, 0.15) is 5.82 Å². The second-order valence-corrected chi connectivity index (χ2v) is 4.97. The van der Waals surface area contributed by atoms with E-state index in [1.807, 2.05) is 12.1 Å². The Morgan fingerprint density at radius 1 is 1.11 bits per heavy atom. The summed E-state index contributed by atoms with van der Waals surface area (Å²) in [5.74, 6) is -0.171. The molecule has 19 heavy (non-hydrogen) atoms. The maximum Gasteiger partial charge on any atom is 0.123 e. The Morgan fingerprint density at radius 3 is 2.63 bits per heavy atom. The molecule has 2 N–H and O–H groups in total. The van der Waals surface area contributed by atoms with Crippen molar-refractivity contribution in [3.8, 4) is 0 Å². The van der Waals surface area contributed by atoms with Crippen molar-refractivity contribution >= 4 is 0 Å². The van der Waals surface area contributed by atoms with Gasteiger partial charge < -0.3 is 15.4 Å². The summed E-state index contributed by atoms with van der Waals surface area (Å²) < 4.78 is 18.2. The van der Waals surface area contributed by atoms with Crippen LogP contribution in [0.2, 0.25) is 0 Å². The molecule has 0 spiro atoms. The fraction of sp³-hybridized carbons (Fsp3) is 0.600. The highest BCUT2D eigenvalue weighted by Crippen LogP contribution is 2.10. The van der Waals surface area contributed by atoms with Crippen molar-refractivity contribution in [3.05, 3.63) is 35.6 Å². The fourth-order valence-corrected chi connectivity index (χ4v) is 2.25. The number of rotatable bonds is 8. The van der Waals surface area contributed by atoms with Gasteiger partial charge in [-0.05, 0) is 43.5 Å². The molecule has 1 aromatic rings. The SMILES string of the molecule is Fc1ccc(CCNCCNCC2CCCO2)cc1. The molecular formula is C15H23FN2O. The Bertz CT molecular complexity index is 350. The van der Waals surface area contributed by atoms with E-state index in [9.17, 15) is 4.39 Å². The van der Waals surface area contributed by atoms with Gasteiger partial charge in [0.15, 0.2) is 0 Å². The van der Waals surface area contributed by atoms with E-state index in [0.717, 1.165) is 39.2 Å². The first kappa shape index (κ1) is 14.4. The normalized spacial score (nSPS) is 18.9. The first-order valence-corrected chi connectivity index (χ1v) is 7.12. The van der Waals surface area contributed by atoms with Crippen molar-refractivity contribution < 1.29 is 9.13 Å². The highest BCUT2D eigenvalue weighted by molar-refractivity contribution is 5.16. The number of hydrogen-bond acceptors (Lipinski definition) is 3. The van der Waals surface area contributed by atoms with E-state index in [1.54, 1.807) is 0 Å². The summed E-state index contributed by atoms with van der Waals surface area (Å²) in [6, 6.07) is 6.70. The first-order chi connectivity index (χ1) is 9.34. The van der Waals surface area contributed by atoms with Crippen LogP contribution in [-0.4, -0.2) is 38.9 Å². The van der Waals surface area contributed by atoms with Crippen LogP contribution in [0.1, 0.15) is 18.4 Å². The van der Waals surface area contributed by atoms with E-state index in [1.165, 1.54) is 30.5 Å². The molecule has 1 heterocycles. The van der Waals surface area contributed by atoms with Crippen molar-refractivity contribution in [3.63, 3.8) is 0 Å². The van der Waals surface area contributed by atoms with E-state index >= 15 is 0 Å². The van der Waals surface area contributed by atoms with Crippen molar-refractivity contribution in [2.45, 2.75) is 25.4 Å². The quantitative estimate of drug-likeness (QED) is 0.703. The number of halogens is 1. The molecule has 1 atom stereocenters. The molecule has 2 rings (SSSR count). The van der Waals surface area contributed by atoms with E-state index in [2.05, 4.69) is 10.6 Å². The molecule has 1 aliphatic heterocycles. The van der Waals surface area contributed by atoms with Gasteiger partial charge in [-0.15, -0.1) is 0 Å². The predicted molar refractivity (Wildman–Crippen MR) is 74.8 cm³/mol. The van der Waals surface area contributed by atoms with Gasteiger partial charge in [-0.25, -0.2) is 4.39 Å². The predicted octanol–water partition coefficient (Wildman–Crippen LogP) is 1.73. The Morgan fingerprint density at radius 2 is 1.89 bits per heavy atom. The molecule has 106 valence electrons. The van der Waals surface area contributed by atoms with Crippen molar-refractivity contribution in [2.75, 3.05) is 32.8 Å². The fourth-order valence-electron chi connectivity index (χ4n) is 2.25. The maximum absolute atomic E-state index is 12.7. The van der Waals surface area contributed by atoms with Gasteiger partial charge in [0.05, 0.1) is 6.10 Å². The van der Waals surface area contributed by atoms with Crippen molar-refractivity contribution in [1.29, 1.82) is 0 Å². The number of benzene rings is 1. The Labute approximate surface area is 114 Å². The van der Waals surface area contributed by atoms with E-state index < -0.39 is 0 Å². The lowest BCUT2D eigenvalue weighted by molar-refractivity contribution is 0.110. The molecule has 3 nitrogen and oxygen atoms in total. The Hall–Kier alpha value is -0.970. The van der Waals surface area contributed by atoms with Crippen LogP contribution in [0, 0.1) is 5.82 Å². The molecular weight excluding hydrogens is 243 g/mol. The van der Waals surface area contributed by atoms with Crippen LogP contribution < -0.4 is 10.6 Å². The van der Waals surface area contributed by atoms with Gasteiger partial charge in [0, 0.05) is 26.2 Å². The third kappa shape index (κ3) is 5.68. The average molecular weight is 266 g/mol. The van der Waals surface area contributed by atoms with Crippen LogP contribution in [0.25, 0.3) is 0 Å². The average Bonchev–Trinajstić information content (AvgIpc) is 2.93. The molecule has 1 aromatic carbocycles. The van der Waals surface area contributed by atoms with Crippen LogP contribution in [0.3, 0.4) is 0 Å². The van der Waals surface area contributed by atoms with E-state index in [-0.39, 0.29) is 5.82 Å². The van der Waals surface area contributed by atoms with Crippen molar-refractivity contribution in [2.24, 2.45) is 0 Å². The molecule has 1 saturated heterocycles. The molecule has 0 aliphatic carbocycles. The largest absolute Gasteiger partial charge is 0.377 e. The summed E-state index contributed by atoms with van der Waals surface area (Å²) in [4.78, 5) is 0. The van der Waals surface area contributed by atoms with E-state index in [0.29, 0.717) is 6.10 Å². The second-order valence-electron chi connectivity index (χ2n) is 4.97. The molecule has 0 bridgehead atoms. The Balaban J connectivity index is 1.44. The molecule has 1 fully saturated rings. The van der Waals surface area contributed by atoms with Gasteiger partial charge in [-0.3, -0.25) is 0 Å². The minimum Gasteiger partial charge on any atom is -0.377 e. The van der Waals surface area contributed by atoms with Crippen LogP contribution in [-0.2, 0) is 11.2 Å². The summed E-state index contributed by atoms with van der Waals surface area (Å²) in [6.45, 7) is 4.71. The third-order valence-corrected chi connectivity index (χ3v) is 3.38. The van der Waals surface area contributed by atoms with Gasteiger partial charge in [-0.1, -0.05) is 12.1 Å². The second kappa shape index (κ2) is 8.25. The zero-order chi connectivity index (χ0) is 13.3. The lowest BCUT2D eigenvalue weighted by Gasteiger charge is -2.11. The minimum atomic E-state index is -0.171. The molecule has 0 radical (unpaired) electrons. The van der Waals surface area contributed by atoms with Crippen LogP contribution in [0.5, 0.6) is 0 Å². The minimum absolute atomic E-state index is 0.171. The number of ether oxygens (including phenoxy) is 1. The molecule has 1 unspecified atom stereocenters. The van der Waals surface area contributed by atoms with Crippen LogP contribution in [0.4, 0.5) is 4.39 Å². The van der Waals surface area contributed by atoms with Crippen LogP contribution >= 0.6 is 0 Å². The summed E-state index contributed by atoms with van der Waals surface area (Å²) in [5, 5.41) is 6.77. The van der Waals surface area contributed by atoms with E-state index in [4.69, 9.17) is 4.74 Å². The summed E-state index contributed by atoms with van der Waals surface area (Å²) in [6.07, 6.45) is 3.73. The van der Waals surface area contributed by atoms with Gasteiger partial charge in [0.2, 0.25) is 0 Å². The van der Waals surface area contributed by atoms with Crippen LogP contribution in [0.15, 0.2) is 24.3 Å². The lowest BCUT2D eigenvalue weighted by Crippen LogP contribution is -2.33. The zero-order valence-electron chi connectivity index (χ0n) is 11.3. The smallest absolute Gasteiger partial charge is 0.123 e. The molecule has 1 aliphatic rings. The van der Waals surface area contributed by atoms with Gasteiger partial charge >= 0.3 is 0 Å². The monoisotopic (exact) mass is 266 g/mol. The highest BCUT2D eigenvalue weighted by Gasteiger charge is 2.13. The third-order valence-electron chi connectivity index (χ3n) is 3.38. The van der Waals surface area contributed by atoms with Gasteiger partial charge in [0.25, 0.3) is 0 Å². The number of hydrogen-bond donors (Lipinski definition) is 2. The molecule has 0 saturated carbocycles. The highest BCUT2D eigenvalue weighted by atomic mass is 19.1. The topological polar surface area (TPSA) is 33.3 Å². The number of nitrogens with one attached hydrogen (secondary N) is 2. The lowest BCUT2D eigenvalue weighted by atomic mass is 10.1. The first-order valence-electron chi connectivity index (χ1n) is 7.12. The van der Waals surface area contributed by atoms with Crippen molar-refractivity contribution in [1.82, 2.24) is 10.6 Å².